The molecule has 0 heterocycles. The van der Waals surface area contributed by atoms with Gasteiger partial charge in [-0.3, -0.25) is 4.79 Å². The number of Topliss-reactive ketones (excluding diaryl/α,β-unsaturated/α-hetero) is 1. The lowest BCUT2D eigenvalue weighted by Crippen LogP contribution is -2.50. The van der Waals surface area contributed by atoms with Gasteiger partial charge in [-0.05, 0) is 48.2 Å². The highest BCUT2D eigenvalue weighted by Gasteiger charge is 2.44. The Hall–Kier alpha value is -2.77. The number of carbonyl (C=O) groups excluding carboxylic acids is 1. The maximum Gasteiger partial charge on any atom is 0.162 e. The predicted molar refractivity (Wildman–Crippen MR) is 113 cm³/mol. The third-order valence-electron chi connectivity index (χ3n) is 5.67. The molecule has 0 fully saturated rings. The molecule has 0 amide bonds. The summed E-state index contributed by atoms with van der Waals surface area (Å²) in [4.78, 5) is 12.6. The average molecular weight is 418 g/mol. The molecule has 0 radical (unpaired) electrons. The van der Waals surface area contributed by atoms with Gasteiger partial charge < -0.3 is 29.5 Å². The van der Waals surface area contributed by atoms with Crippen molar-refractivity contribution in [3.63, 3.8) is 0 Å². The number of methoxy groups -OCH3 is 3. The predicted octanol–water partition coefficient (Wildman–Crippen LogP) is 2.69. The van der Waals surface area contributed by atoms with Gasteiger partial charge in [0.2, 0.25) is 0 Å². The number of phenols is 1. The first-order chi connectivity index (χ1) is 14.2. The standard InChI is InChI=1S/C23H30O7/c1-14(17-7-9-20(28-3)22(11-17)30-5)18(13-24)23(27,15(2)25)12-16-6-8-19(26)21(10-16)29-4/h6-11,14,18,24,26-27H,12-13H2,1-5H3. The second kappa shape index (κ2) is 9.82. The van der Waals surface area contributed by atoms with Gasteiger partial charge in [0.15, 0.2) is 28.8 Å². The molecule has 0 aliphatic rings. The van der Waals surface area contributed by atoms with Gasteiger partial charge in [-0.1, -0.05) is 19.1 Å². The molecule has 0 saturated heterocycles. The Balaban J connectivity index is 2.43. The summed E-state index contributed by atoms with van der Waals surface area (Å²) in [5.41, 5.74) is -0.446. The zero-order valence-electron chi connectivity index (χ0n) is 18.0. The fourth-order valence-electron chi connectivity index (χ4n) is 3.75. The molecule has 0 aliphatic heterocycles. The van der Waals surface area contributed by atoms with Crippen LogP contribution in [0.2, 0.25) is 0 Å². The van der Waals surface area contributed by atoms with Crippen molar-refractivity contribution in [1.82, 2.24) is 0 Å². The molecule has 0 saturated carbocycles. The first kappa shape index (κ1) is 23.5. The number of phenolic OH excluding ortho intramolecular Hbond substituents is 1. The summed E-state index contributed by atoms with van der Waals surface area (Å²) in [5.74, 6) is -0.325. The van der Waals surface area contributed by atoms with Crippen LogP contribution in [0.1, 0.15) is 30.9 Å². The van der Waals surface area contributed by atoms with E-state index in [1.54, 1.807) is 24.3 Å². The Morgan fingerprint density at radius 3 is 2.17 bits per heavy atom. The lowest BCUT2D eigenvalue weighted by Gasteiger charge is -2.37. The van der Waals surface area contributed by atoms with Crippen molar-refractivity contribution in [2.75, 3.05) is 27.9 Å². The Kier molecular flexibility index (Phi) is 7.70. The fraction of sp³-hybridized carbons (Fsp3) is 0.435. The molecular formula is C23H30O7. The van der Waals surface area contributed by atoms with Crippen molar-refractivity contribution < 1.29 is 34.3 Å². The van der Waals surface area contributed by atoms with E-state index < -0.39 is 23.9 Å². The molecular weight excluding hydrogens is 388 g/mol. The molecule has 7 nitrogen and oxygen atoms in total. The van der Waals surface area contributed by atoms with Gasteiger partial charge in [0, 0.05) is 18.9 Å². The highest BCUT2D eigenvalue weighted by Crippen LogP contribution is 2.39. The molecule has 3 unspecified atom stereocenters. The minimum absolute atomic E-state index is 0.0370. The van der Waals surface area contributed by atoms with E-state index in [0.29, 0.717) is 17.1 Å². The van der Waals surface area contributed by atoms with Crippen LogP contribution in [0.3, 0.4) is 0 Å². The number of hydrogen-bond acceptors (Lipinski definition) is 7. The van der Waals surface area contributed by atoms with Gasteiger partial charge in [-0.15, -0.1) is 0 Å². The van der Waals surface area contributed by atoms with E-state index >= 15 is 0 Å². The zero-order chi connectivity index (χ0) is 22.5. The molecule has 3 atom stereocenters. The Morgan fingerprint density at radius 2 is 1.63 bits per heavy atom. The Morgan fingerprint density at radius 1 is 1.00 bits per heavy atom. The van der Waals surface area contributed by atoms with Crippen LogP contribution in [0.5, 0.6) is 23.0 Å². The molecule has 3 N–H and O–H groups in total. The number of carbonyl (C=O) groups is 1. The number of benzene rings is 2. The second-order valence-corrected chi connectivity index (χ2v) is 7.36. The molecule has 2 rings (SSSR count). The van der Waals surface area contributed by atoms with Gasteiger partial charge in [0.1, 0.15) is 5.60 Å². The molecule has 164 valence electrons. The maximum absolute atomic E-state index is 12.6. The van der Waals surface area contributed by atoms with E-state index in [9.17, 15) is 20.1 Å². The monoisotopic (exact) mass is 418 g/mol. The molecule has 0 spiro atoms. The minimum Gasteiger partial charge on any atom is -0.504 e. The van der Waals surface area contributed by atoms with Crippen LogP contribution in [-0.2, 0) is 11.2 Å². The normalized spacial score (nSPS) is 15.0. The number of ketones is 1. The van der Waals surface area contributed by atoms with Gasteiger partial charge >= 0.3 is 0 Å². The summed E-state index contributed by atoms with van der Waals surface area (Å²) >= 11 is 0. The van der Waals surface area contributed by atoms with E-state index in [4.69, 9.17) is 14.2 Å². The van der Waals surface area contributed by atoms with Crippen LogP contribution in [0, 0.1) is 5.92 Å². The SMILES string of the molecule is COc1cc(CC(O)(C(C)=O)C(CO)C(C)c2ccc(OC)c(OC)c2)ccc1O. The van der Waals surface area contributed by atoms with Gasteiger partial charge in [0.05, 0.1) is 21.3 Å². The van der Waals surface area contributed by atoms with E-state index in [-0.39, 0.29) is 23.8 Å². The first-order valence-corrected chi connectivity index (χ1v) is 9.63. The van der Waals surface area contributed by atoms with Gasteiger partial charge in [-0.2, -0.15) is 0 Å². The molecule has 30 heavy (non-hydrogen) atoms. The number of hydrogen-bond donors (Lipinski definition) is 3. The van der Waals surface area contributed by atoms with Crippen molar-refractivity contribution in [2.24, 2.45) is 5.92 Å². The second-order valence-electron chi connectivity index (χ2n) is 7.36. The van der Waals surface area contributed by atoms with Crippen molar-refractivity contribution in [3.05, 3.63) is 47.5 Å². The van der Waals surface area contributed by atoms with Crippen molar-refractivity contribution in [1.29, 1.82) is 0 Å². The minimum atomic E-state index is -1.83. The third kappa shape index (κ3) is 4.68. The lowest BCUT2D eigenvalue weighted by molar-refractivity contribution is -0.144. The van der Waals surface area contributed by atoms with Crippen molar-refractivity contribution in [2.45, 2.75) is 31.8 Å². The maximum atomic E-state index is 12.6. The molecule has 2 aromatic rings. The van der Waals surface area contributed by atoms with E-state index in [2.05, 4.69) is 0 Å². The molecule has 7 heteroatoms. The topological polar surface area (TPSA) is 105 Å². The molecule has 2 aromatic carbocycles. The smallest absolute Gasteiger partial charge is 0.162 e. The summed E-state index contributed by atoms with van der Waals surface area (Å²) in [6, 6.07) is 9.96. The van der Waals surface area contributed by atoms with Crippen LogP contribution in [0.25, 0.3) is 0 Å². The van der Waals surface area contributed by atoms with E-state index in [0.717, 1.165) is 5.56 Å². The Bertz CT molecular complexity index is 880. The van der Waals surface area contributed by atoms with Crippen LogP contribution >= 0.6 is 0 Å². The summed E-state index contributed by atoms with van der Waals surface area (Å²) < 4.78 is 15.7. The Labute approximate surface area is 176 Å². The highest BCUT2D eigenvalue weighted by atomic mass is 16.5. The van der Waals surface area contributed by atoms with Crippen LogP contribution in [0.15, 0.2) is 36.4 Å². The summed E-state index contributed by atoms with van der Waals surface area (Å²) in [7, 11) is 4.49. The van der Waals surface area contributed by atoms with E-state index in [1.165, 1.54) is 34.3 Å². The van der Waals surface area contributed by atoms with Crippen LogP contribution in [-0.4, -0.2) is 54.6 Å². The van der Waals surface area contributed by atoms with Crippen LogP contribution in [0.4, 0.5) is 0 Å². The van der Waals surface area contributed by atoms with Gasteiger partial charge in [-0.25, -0.2) is 0 Å². The number of aliphatic hydroxyl groups is 2. The number of aromatic hydroxyl groups is 1. The highest BCUT2D eigenvalue weighted by molar-refractivity contribution is 5.85. The van der Waals surface area contributed by atoms with Crippen LogP contribution < -0.4 is 14.2 Å². The van der Waals surface area contributed by atoms with E-state index in [1.807, 2.05) is 13.0 Å². The largest absolute Gasteiger partial charge is 0.504 e. The zero-order valence-corrected chi connectivity index (χ0v) is 18.0. The molecule has 0 bridgehead atoms. The fourth-order valence-corrected chi connectivity index (χ4v) is 3.75. The summed E-state index contributed by atoms with van der Waals surface area (Å²) in [6.07, 6.45) is -0.0399. The third-order valence-corrected chi connectivity index (χ3v) is 5.67. The first-order valence-electron chi connectivity index (χ1n) is 9.63. The quantitative estimate of drug-likeness (QED) is 0.545. The number of aliphatic hydroxyl groups excluding tert-OH is 1. The summed E-state index contributed by atoms with van der Waals surface area (Å²) in [6.45, 7) is 2.75. The summed E-state index contributed by atoms with van der Waals surface area (Å²) in [5, 5.41) is 31.4. The van der Waals surface area contributed by atoms with Gasteiger partial charge in [0.25, 0.3) is 0 Å². The van der Waals surface area contributed by atoms with Crippen molar-refractivity contribution >= 4 is 5.78 Å². The average Bonchev–Trinajstić information content (AvgIpc) is 2.74. The molecule has 0 aliphatic carbocycles. The number of rotatable bonds is 10. The van der Waals surface area contributed by atoms with Crippen molar-refractivity contribution in [3.8, 4) is 23.0 Å². The lowest BCUT2D eigenvalue weighted by atomic mass is 9.71. The number of ether oxygens (including phenoxy) is 3. The molecule has 0 aromatic heterocycles.